The second-order valence-electron chi connectivity index (χ2n) is 1.75. The average Bonchev–Trinajstić information content (AvgIpc) is 1.81. The van der Waals surface area contributed by atoms with Gasteiger partial charge in [-0.1, -0.05) is 26.3 Å². The maximum atomic E-state index is 3.45. The fourth-order valence-corrected chi connectivity index (χ4v) is 0.489. The van der Waals surface area contributed by atoms with Gasteiger partial charge in [0.05, 0.1) is 0 Å². The molecule has 0 aliphatic carbocycles. The van der Waals surface area contributed by atoms with Gasteiger partial charge in [0, 0.05) is 0 Å². The van der Waals surface area contributed by atoms with Gasteiger partial charge in [0.1, 0.15) is 0 Å². The molecule has 0 aliphatic rings. The minimum Gasteiger partial charge on any atom is -0.133 e. The molecule has 45 valence electrons. The quantitative estimate of drug-likeness (QED) is 0.384. The standard InChI is InChI=1S/C8H13/c1-3-5-7-8-6-4-2/h5,7H,1,4,6,8H2,2H3. The zero-order valence-corrected chi connectivity index (χ0v) is 5.48. The smallest absolute Gasteiger partial charge is 0.00886 e. The van der Waals surface area contributed by atoms with E-state index in [1.54, 1.807) is 0 Å². The Morgan fingerprint density at radius 1 is 1.62 bits per heavy atom. The molecule has 0 amide bonds. The highest BCUT2D eigenvalue weighted by molar-refractivity contribution is 4.90. The van der Waals surface area contributed by atoms with Crippen LogP contribution in [-0.2, 0) is 0 Å². The molecular formula is C8H13. The molecule has 0 aromatic rings. The molecule has 0 rings (SSSR count). The summed E-state index contributed by atoms with van der Waals surface area (Å²) in [4.78, 5) is 0. The van der Waals surface area contributed by atoms with Gasteiger partial charge >= 0.3 is 0 Å². The maximum Gasteiger partial charge on any atom is -0.00886 e. The molecule has 0 aromatic heterocycles. The molecule has 0 saturated heterocycles. The lowest BCUT2D eigenvalue weighted by atomic mass is 10.2. The average molecular weight is 109 g/mol. The van der Waals surface area contributed by atoms with E-state index < -0.39 is 0 Å². The summed E-state index contributed by atoms with van der Waals surface area (Å²) in [5.74, 6) is 0. The van der Waals surface area contributed by atoms with E-state index in [9.17, 15) is 0 Å². The SMILES string of the molecule is C=C=C[CH]CCCC. The van der Waals surface area contributed by atoms with Crippen LogP contribution in [-0.4, -0.2) is 0 Å². The number of unbranched alkanes of at least 4 members (excludes halogenated alkanes) is 3. The molecule has 0 saturated carbocycles. The van der Waals surface area contributed by atoms with Crippen LogP contribution in [0.4, 0.5) is 0 Å². The lowest BCUT2D eigenvalue weighted by Crippen LogP contribution is -1.69. The Balaban J connectivity index is 2.82. The van der Waals surface area contributed by atoms with Gasteiger partial charge in [-0.05, 0) is 18.9 Å². The summed E-state index contributed by atoms with van der Waals surface area (Å²) in [6.45, 7) is 5.63. The van der Waals surface area contributed by atoms with Crippen molar-refractivity contribution in [2.75, 3.05) is 0 Å². The van der Waals surface area contributed by atoms with E-state index in [4.69, 9.17) is 0 Å². The summed E-state index contributed by atoms with van der Waals surface area (Å²) >= 11 is 0. The Morgan fingerprint density at radius 2 is 2.38 bits per heavy atom. The van der Waals surface area contributed by atoms with Crippen LogP contribution in [0.15, 0.2) is 18.4 Å². The van der Waals surface area contributed by atoms with Gasteiger partial charge in [-0.15, -0.1) is 5.73 Å². The van der Waals surface area contributed by atoms with E-state index in [0.717, 1.165) is 0 Å². The number of allylic oxidation sites excluding steroid dienone is 1. The highest BCUT2D eigenvalue weighted by Crippen LogP contribution is 1.96. The summed E-state index contributed by atoms with van der Waals surface area (Å²) in [6, 6.07) is 0. The van der Waals surface area contributed by atoms with Crippen molar-refractivity contribution in [1.29, 1.82) is 0 Å². The Bertz CT molecular complexity index is 76.0. The van der Waals surface area contributed by atoms with Crippen LogP contribution in [0.2, 0.25) is 0 Å². The van der Waals surface area contributed by atoms with Gasteiger partial charge in [0.2, 0.25) is 0 Å². The maximum absolute atomic E-state index is 3.45. The molecule has 0 atom stereocenters. The first-order valence-electron chi connectivity index (χ1n) is 3.09. The normalized spacial score (nSPS) is 8.12. The molecule has 0 aliphatic heterocycles. The van der Waals surface area contributed by atoms with Crippen LogP contribution in [0.5, 0.6) is 0 Å². The van der Waals surface area contributed by atoms with Crippen LogP contribution in [0.3, 0.4) is 0 Å². The van der Waals surface area contributed by atoms with Crippen molar-refractivity contribution in [3.05, 3.63) is 24.8 Å². The van der Waals surface area contributed by atoms with Crippen LogP contribution in [0, 0.1) is 6.42 Å². The number of hydrogen-bond donors (Lipinski definition) is 0. The lowest BCUT2D eigenvalue weighted by Gasteiger charge is -1.87. The minimum atomic E-state index is 1.17. The fourth-order valence-electron chi connectivity index (χ4n) is 0.489. The molecule has 0 heterocycles. The van der Waals surface area contributed by atoms with Crippen molar-refractivity contribution in [1.82, 2.24) is 0 Å². The third-order valence-corrected chi connectivity index (χ3v) is 0.960. The van der Waals surface area contributed by atoms with Crippen molar-refractivity contribution in [3.8, 4) is 0 Å². The van der Waals surface area contributed by atoms with Gasteiger partial charge in [-0.25, -0.2) is 0 Å². The molecule has 0 aromatic carbocycles. The van der Waals surface area contributed by atoms with Gasteiger partial charge < -0.3 is 0 Å². The van der Waals surface area contributed by atoms with E-state index in [0.29, 0.717) is 0 Å². The first-order chi connectivity index (χ1) is 3.91. The van der Waals surface area contributed by atoms with Crippen LogP contribution >= 0.6 is 0 Å². The monoisotopic (exact) mass is 109 g/mol. The molecule has 0 N–H and O–H groups in total. The molecule has 0 unspecified atom stereocenters. The minimum absolute atomic E-state index is 1.17. The zero-order valence-electron chi connectivity index (χ0n) is 5.48. The Labute approximate surface area is 51.9 Å². The lowest BCUT2D eigenvalue weighted by molar-refractivity contribution is 0.795. The van der Waals surface area contributed by atoms with Crippen LogP contribution in [0.1, 0.15) is 26.2 Å². The fraction of sp³-hybridized carbons (Fsp3) is 0.500. The van der Waals surface area contributed by atoms with Crippen LogP contribution < -0.4 is 0 Å². The molecular weight excluding hydrogens is 96.1 g/mol. The summed E-state index contributed by atoms with van der Waals surface area (Å²) in [5.41, 5.74) is 2.70. The molecule has 0 nitrogen and oxygen atoms in total. The van der Waals surface area contributed by atoms with Crippen LogP contribution in [0.25, 0.3) is 0 Å². The van der Waals surface area contributed by atoms with E-state index in [-0.39, 0.29) is 0 Å². The van der Waals surface area contributed by atoms with Crippen molar-refractivity contribution < 1.29 is 0 Å². The topological polar surface area (TPSA) is 0 Å². The van der Waals surface area contributed by atoms with Gasteiger partial charge in [0.25, 0.3) is 0 Å². The van der Waals surface area contributed by atoms with Gasteiger partial charge in [-0.2, -0.15) is 0 Å². The first kappa shape index (κ1) is 7.52. The largest absolute Gasteiger partial charge is 0.133 e. The van der Waals surface area contributed by atoms with E-state index in [2.05, 4.69) is 25.7 Å². The Kier molecular flexibility index (Phi) is 6.13. The van der Waals surface area contributed by atoms with Crippen molar-refractivity contribution >= 4 is 0 Å². The molecule has 0 bridgehead atoms. The van der Waals surface area contributed by atoms with Gasteiger partial charge in [-0.3, -0.25) is 0 Å². The highest BCUT2D eigenvalue weighted by Gasteiger charge is 1.78. The predicted octanol–water partition coefficient (Wildman–Crippen LogP) is 2.72. The summed E-state index contributed by atoms with van der Waals surface area (Å²) in [6.07, 6.45) is 7.67. The van der Waals surface area contributed by atoms with Crippen molar-refractivity contribution in [3.63, 3.8) is 0 Å². The second-order valence-corrected chi connectivity index (χ2v) is 1.75. The summed E-state index contributed by atoms with van der Waals surface area (Å²) in [5, 5.41) is 0. The first-order valence-corrected chi connectivity index (χ1v) is 3.09. The highest BCUT2D eigenvalue weighted by atomic mass is 13.8. The van der Waals surface area contributed by atoms with E-state index in [1.807, 2.05) is 6.08 Å². The van der Waals surface area contributed by atoms with Crippen molar-refractivity contribution in [2.45, 2.75) is 26.2 Å². The summed E-state index contributed by atoms with van der Waals surface area (Å²) < 4.78 is 0. The third-order valence-electron chi connectivity index (χ3n) is 0.960. The second kappa shape index (κ2) is 6.52. The van der Waals surface area contributed by atoms with Crippen molar-refractivity contribution in [2.24, 2.45) is 0 Å². The molecule has 0 spiro atoms. The zero-order chi connectivity index (χ0) is 6.24. The van der Waals surface area contributed by atoms with E-state index >= 15 is 0 Å². The molecule has 0 fully saturated rings. The Morgan fingerprint density at radius 3 is 2.88 bits per heavy atom. The molecule has 8 heavy (non-hydrogen) atoms. The Hall–Kier alpha value is -0.480. The van der Waals surface area contributed by atoms with E-state index in [1.165, 1.54) is 19.3 Å². The molecule has 0 heteroatoms. The predicted molar refractivity (Wildman–Crippen MR) is 37.5 cm³/mol. The molecule has 1 radical (unpaired) electrons. The summed E-state index contributed by atoms with van der Waals surface area (Å²) in [7, 11) is 0. The number of hydrogen-bond acceptors (Lipinski definition) is 0. The van der Waals surface area contributed by atoms with Gasteiger partial charge in [0.15, 0.2) is 0 Å². The number of rotatable bonds is 4. The third kappa shape index (κ3) is 5.52.